The van der Waals surface area contributed by atoms with Gasteiger partial charge in [0.25, 0.3) is 0 Å². The Morgan fingerprint density at radius 2 is 1.70 bits per heavy atom. The lowest BCUT2D eigenvalue weighted by Crippen LogP contribution is -2.20. The second-order valence-corrected chi connectivity index (χ2v) is 6.79. The maximum Gasteiger partial charge on any atom is 0.349 e. The molecule has 0 spiro atoms. The number of cyclic esters (lactones) is 1. The van der Waals surface area contributed by atoms with Gasteiger partial charge in [-0.15, -0.1) is 0 Å². The molecule has 6 heteroatoms. The van der Waals surface area contributed by atoms with Crippen LogP contribution in [0.15, 0.2) is 64.1 Å². The molecule has 1 N–H and O–H groups in total. The van der Waals surface area contributed by atoms with E-state index >= 15 is 0 Å². The van der Waals surface area contributed by atoms with E-state index in [1.54, 1.807) is 36.4 Å². The topological polar surface area (TPSA) is 46.5 Å². The van der Waals surface area contributed by atoms with E-state index in [9.17, 15) is 9.90 Å². The van der Waals surface area contributed by atoms with E-state index in [0.717, 1.165) is 11.8 Å². The number of carbonyl (C=O) groups is 1. The zero-order valence-electron chi connectivity index (χ0n) is 11.8. The molecule has 2 aromatic rings. The van der Waals surface area contributed by atoms with Crippen LogP contribution in [-0.2, 0) is 9.53 Å². The molecule has 0 amide bonds. The van der Waals surface area contributed by atoms with E-state index in [-0.39, 0.29) is 17.1 Å². The summed E-state index contributed by atoms with van der Waals surface area (Å²) in [5, 5.41) is 11.3. The summed E-state index contributed by atoms with van der Waals surface area (Å²) in [4.78, 5) is 13.1. The van der Waals surface area contributed by atoms with E-state index in [0.29, 0.717) is 20.5 Å². The maximum absolute atomic E-state index is 12.3. The number of ether oxygens (including phenoxy) is 1. The van der Waals surface area contributed by atoms with Gasteiger partial charge >= 0.3 is 5.97 Å². The summed E-state index contributed by atoms with van der Waals surface area (Å²) in [6, 6.07) is 14.2. The van der Waals surface area contributed by atoms with Crippen LogP contribution in [0.2, 0.25) is 10.0 Å². The third-order valence-corrected chi connectivity index (χ3v) is 5.34. The highest BCUT2D eigenvalue weighted by molar-refractivity contribution is 8.04. The van der Waals surface area contributed by atoms with Crippen molar-refractivity contribution in [1.29, 1.82) is 0 Å². The molecule has 1 aliphatic rings. The van der Waals surface area contributed by atoms with E-state index in [1.807, 2.05) is 12.1 Å². The molecule has 0 saturated heterocycles. The molecule has 0 saturated carbocycles. The minimum atomic E-state index is -0.591. The summed E-state index contributed by atoms with van der Waals surface area (Å²) in [6.07, 6.45) is -0.408. The molecule has 0 aromatic heterocycles. The van der Waals surface area contributed by atoms with Crippen molar-refractivity contribution in [3.05, 3.63) is 74.8 Å². The lowest BCUT2D eigenvalue weighted by Gasteiger charge is -2.25. The Kier molecular flexibility index (Phi) is 4.85. The van der Waals surface area contributed by atoms with Crippen molar-refractivity contribution in [3.63, 3.8) is 0 Å². The fourth-order valence-corrected chi connectivity index (χ4v) is 3.63. The predicted molar refractivity (Wildman–Crippen MR) is 91.9 cm³/mol. The molecule has 1 aliphatic heterocycles. The summed E-state index contributed by atoms with van der Waals surface area (Å²) >= 11 is 13.3. The second kappa shape index (κ2) is 6.87. The summed E-state index contributed by atoms with van der Waals surface area (Å²) in [6.45, 7) is 0. The summed E-state index contributed by atoms with van der Waals surface area (Å²) < 4.78 is 5.44. The first-order valence-electron chi connectivity index (χ1n) is 6.86. The minimum absolute atomic E-state index is 0.0175. The van der Waals surface area contributed by atoms with Gasteiger partial charge in [0.15, 0.2) is 0 Å². The van der Waals surface area contributed by atoms with Crippen molar-refractivity contribution < 1.29 is 14.6 Å². The largest absolute Gasteiger partial charge is 0.511 e. The van der Waals surface area contributed by atoms with Gasteiger partial charge < -0.3 is 9.84 Å². The third kappa shape index (κ3) is 3.50. The van der Waals surface area contributed by atoms with Crippen LogP contribution in [0.25, 0.3) is 0 Å². The molecule has 2 aromatic carbocycles. The molecule has 0 fully saturated rings. The minimum Gasteiger partial charge on any atom is -0.511 e. The summed E-state index contributed by atoms with van der Waals surface area (Å²) in [5.41, 5.74) is 0.677. The van der Waals surface area contributed by atoms with Gasteiger partial charge in [0.1, 0.15) is 16.8 Å². The third-order valence-electron chi connectivity index (χ3n) is 3.38. The Labute approximate surface area is 147 Å². The van der Waals surface area contributed by atoms with E-state index in [2.05, 4.69) is 0 Å². The number of benzene rings is 2. The molecule has 3 nitrogen and oxygen atoms in total. The van der Waals surface area contributed by atoms with Crippen molar-refractivity contribution in [3.8, 4) is 0 Å². The normalized spacial score (nSPS) is 18.0. The zero-order valence-corrected chi connectivity index (χ0v) is 14.2. The number of esters is 1. The van der Waals surface area contributed by atoms with Crippen LogP contribution in [0.5, 0.6) is 0 Å². The van der Waals surface area contributed by atoms with Crippen LogP contribution in [0, 0.1) is 0 Å². The van der Waals surface area contributed by atoms with Gasteiger partial charge in [0.2, 0.25) is 0 Å². The molecule has 23 heavy (non-hydrogen) atoms. The first-order valence-corrected chi connectivity index (χ1v) is 8.43. The molecule has 118 valence electrons. The average Bonchev–Trinajstić information content (AvgIpc) is 2.53. The van der Waals surface area contributed by atoms with E-state index in [4.69, 9.17) is 27.9 Å². The number of carbonyl (C=O) groups excluding carboxylic acids is 1. The number of aliphatic hydroxyl groups excluding tert-OH is 1. The van der Waals surface area contributed by atoms with Crippen molar-refractivity contribution in [2.45, 2.75) is 17.4 Å². The average molecular weight is 367 g/mol. The first kappa shape index (κ1) is 16.2. The highest BCUT2D eigenvalue weighted by atomic mass is 35.5. The monoisotopic (exact) mass is 366 g/mol. The van der Waals surface area contributed by atoms with Crippen molar-refractivity contribution in [2.24, 2.45) is 0 Å². The molecule has 1 atom stereocenters. The van der Waals surface area contributed by atoms with Gasteiger partial charge in [-0.3, -0.25) is 0 Å². The number of aliphatic hydroxyl groups is 1. The van der Waals surface area contributed by atoms with E-state index < -0.39 is 12.1 Å². The highest BCUT2D eigenvalue weighted by Gasteiger charge is 2.32. The number of hydrogen-bond donors (Lipinski definition) is 1. The first-order chi connectivity index (χ1) is 11.1. The van der Waals surface area contributed by atoms with Crippen LogP contribution < -0.4 is 0 Å². The summed E-state index contributed by atoms with van der Waals surface area (Å²) in [7, 11) is 0. The maximum atomic E-state index is 12.3. The number of hydrogen-bond acceptors (Lipinski definition) is 4. The number of halogens is 2. The molecule has 0 bridgehead atoms. The Hall–Kier alpha value is -1.62. The van der Waals surface area contributed by atoms with E-state index in [1.165, 1.54) is 0 Å². The lowest BCUT2D eigenvalue weighted by molar-refractivity contribution is -0.146. The standard InChI is InChI=1S/C17H12Cl2O3S/c18-11-6-2-1-5-10(11)14-9-13(20)16(17(21)22-14)23-15-8-4-3-7-12(15)19/h1-8,14,20H,9H2. The van der Waals surface area contributed by atoms with Gasteiger partial charge in [0.05, 0.1) is 5.02 Å². The molecule has 0 aliphatic carbocycles. The zero-order chi connectivity index (χ0) is 16.4. The molecule has 0 radical (unpaired) electrons. The smallest absolute Gasteiger partial charge is 0.349 e. The van der Waals surface area contributed by atoms with Crippen LogP contribution in [0.4, 0.5) is 0 Å². The molecular weight excluding hydrogens is 355 g/mol. The number of rotatable bonds is 3. The molecule has 3 rings (SSSR count). The SMILES string of the molecule is O=C1OC(c2ccccc2Cl)CC(O)=C1Sc1ccccc1Cl. The van der Waals surface area contributed by atoms with Gasteiger partial charge in [-0.1, -0.05) is 65.3 Å². The quantitative estimate of drug-likeness (QED) is 0.724. The van der Waals surface area contributed by atoms with Crippen LogP contribution in [-0.4, -0.2) is 11.1 Å². The van der Waals surface area contributed by atoms with Crippen LogP contribution in [0.3, 0.4) is 0 Å². The molecule has 1 unspecified atom stereocenters. The summed E-state index contributed by atoms with van der Waals surface area (Å²) in [5.74, 6) is -0.598. The van der Waals surface area contributed by atoms with Gasteiger partial charge in [-0.25, -0.2) is 4.79 Å². The molecular formula is C17H12Cl2O3S. The number of thioether (sulfide) groups is 1. The Bertz CT molecular complexity index is 789. The fraction of sp³-hybridized carbons (Fsp3) is 0.118. The predicted octanol–water partition coefficient (Wildman–Crippen LogP) is 5.54. The van der Waals surface area contributed by atoms with Crippen LogP contribution >= 0.6 is 35.0 Å². The van der Waals surface area contributed by atoms with Gasteiger partial charge in [-0.2, -0.15) is 0 Å². The fourth-order valence-electron chi connectivity index (χ4n) is 2.26. The second-order valence-electron chi connectivity index (χ2n) is 4.93. The molecule has 1 heterocycles. The van der Waals surface area contributed by atoms with Gasteiger partial charge in [-0.05, 0) is 18.2 Å². The van der Waals surface area contributed by atoms with Gasteiger partial charge in [0, 0.05) is 21.9 Å². The van der Waals surface area contributed by atoms with Crippen molar-refractivity contribution >= 4 is 40.9 Å². The lowest BCUT2D eigenvalue weighted by atomic mass is 10.0. The Morgan fingerprint density at radius 1 is 1.04 bits per heavy atom. The van der Waals surface area contributed by atoms with Crippen LogP contribution in [0.1, 0.15) is 18.1 Å². The van der Waals surface area contributed by atoms with Crippen molar-refractivity contribution in [2.75, 3.05) is 0 Å². The highest BCUT2D eigenvalue weighted by Crippen LogP contribution is 2.41. The Balaban J connectivity index is 1.87. The Morgan fingerprint density at radius 3 is 2.35 bits per heavy atom. The van der Waals surface area contributed by atoms with Crippen molar-refractivity contribution in [1.82, 2.24) is 0 Å².